The van der Waals surface area contributed by atoms with Crippen LogP contribution in [0.1, 0.15) is 79.9 Å². The minimum atomic E-state index is -0.561. The predicted octanol–water partition coefficient (Wildman–Crippen LogP) is 1.87. The van der Waals surface area contributed by atoms with Gasteiger partial charge in [-0.3, -0.25) is 14.9 Å². The maximum absolute atomic E-state index is 13.2. The number of hydrogen-bond donors (Lipinski definition) is 4. The second kappa shape index (κ2) is 12.7. The van der Waals surface area contributed by atoms with Gasteiger partial charge in [-0.1, -0.05) is 32.9 Å². The van der Waals surface area contributed by atoms with Gasteiger partial charge < -0.3 is 19.8 Å². The largest absolute Gasteiger partial charge is 0.392 e. The quantitative estimate of drug-likeness (QED) is 0.374. The molecule has 230 valence electrons. The van der Waals surface area contributed by atoms with Crippen molar-refractivity contribution in [3.8, 4) is 0 Å². The van der Waals surface area contributed by atoms with E-state index in [1.807, 2.05) is 37.8 Å². The highest BCUT2D eigenvalue weighted by molar-refractivity contribution is 7.15. The van der Waals surface area contributed by atoms with Gasteiger partial charge in [0.25, 0.3) is 5.91 Å². The van der Waals surface area contributed by atoms with Gasteiger partial charge in [-0.2, -0.15) is 0 Å². The predicted molar refractivity (Wildman–Crippen MR) is 167 cm³/mol. The highest BCUT2D eigenvalue weighted by atomic mass is 32.1. The van der Waals surface area contributed by atoms with Crippen LogP contribution >= 0.6 is 11.3 Å². The number of fused-ring (bicyclic) bond motifs is 2. The first-order chi connectivity index (χ1) is 20.0. The molecular formula is C33H51N5O3S+2. The molecule has 1 aromatic heterocycles. The van der Waals surface area contributed by atoms with Crippen molar-refractivity contribution in [2.45, 2.75) is 72.4 Å². The highest BCUT2D eigenvalue weighted by Gasteiger charge is 2.54. The van der Waals surface area contributed by atoms with Crippen molar-refractivity contribution in [1.82, 2.24) is 9.88 Å². The van der Waals surface area contributed by atoms with Crippen molar-refractivity contribution in [2.75, 3.05) is 51.6 Å². The minimum absolute atomic E-state index is 0.0257. The lowest BCUT2D eigenvalue weighted by atomic mass is 9.53. The molecule has 2 fully saturated rings. The number of aliphatic hydroxyl groups is 1. The van der Waals surface area contributed by atoms with Gasteiger partial charge in [-0.15, -0.1) is 11.3 Å². The van der Waals surface area contributed by atoms with Crippen LogP contribution in [0.2, 0.25) is 0 Å². The van der Waals surface area contributed by atoms with Crippen LogP contribution in [0.5, 0.6) is 0 Å². The van der Waals surface area contributed by atoms with Crippen LogP contribution in [-0.4, -0.2) is 79.2 Å². The lowest BCUT2D eigenvalue weighted by Gasteiger charge is -2.53. The Bertz CT molecular complexity index is 1250. The zero-order valence-corrected chi connectivity index (χ0v) is 27.2. The molecule has 5 rings (SSSR count). The molecule has 3 aliphatic rings. The zero-order chi connectivity index (χ0) is 30.2. The minimum Gasteiger partial charge on any atom is -0.392 e. The van der Waals surface area contributed by atoms with Crippen LogP contribution in [0, 0.1) is 23.2 Å². The third-order valence-electron chi connectivity index (χ3n) is 10.7. The molecule has 42 heavy (non-hydrogen) atoms. The monoisotopic (exact) mass is 597 g/mol. The number of hydrogen-bond acceptors (Lipinski definition) is 5. The number of thiazole rings is 1. The molecule has 2 aromatic rings. The van der Waals surface area contributed by atoms with E-state index >= 15 is 0 Å². The van der Waals surface area contributed by atoms with Crippen molar-refractivity contribution in [2.24, 2.45) is 23.2 Å². The van der Waals surface area contributed by atoms with E-state index in [0.717, 1.165) is 31.5 Å². The van der Waals surface area contributed by atoms with Crippen molar-refractivity contribution in [3.63, 3.8) is 0 Å². The molecular weight excluding hydrogens is 546 g/mol. The van der Waals surface area contributed by atoms with E-state index in [4.69, 9.17) is 4.98 Å². The van der Waals surface area contributed by atoms with E-state index in [1.165, 1.54) is 36.6 Å². The van der Waals surface area contributed by atoms with Crippen LogP contribution in [0.4, 0.5) is 5.13 Å². The number of likely N-dealkylation sites (N-methyl/N-ethyl adjacent to an activating group) is 1. The normalized spacial score (nSPS) is 31.5. The molecule has 0 radical (unpaired) electrons. The Hall–Kier alpha value is -2.33. The van der Waals surface area contributed by atoms with Gasteiger partial charge in [0.05, 0.1) is 18.8 Å². The average molecular weight is 598 g/mol. The maximum atomic E-state index is 13.2. The second-order valence-corrected chi connectivity index (χ2v) is 14.6. The first kappa shape index (κ1) is 31.1. The number of quaternary nitrogens is 2. The standard InChI is InChI=1S/C33H49N5O3S/c1-7-38(8-2)31(41)21(3)25-13-14-33(5)19-26-28(22(4)27(33)29(25)39)34-32(42-26)35-30(40)24-11-9-23(10-12-24)20-37-17-15-36(6)16-18-37/h9-12,21-22,25,27,29,39H,7-8,13-20H2,1-6H3,(H,34,35,40)/p+2/t21-,22-,25+,27+,29-,33-/m0/s1. The van der Waals surface area contributed by atoms with E-state index in [2.05, 4.69) is 38.3 Å². The number of nitrogens with zero attached hydrogens (tertiary/aromatic N) is 2. The van der Waals surface area contributed by atoms with E-state index < -0.39 is 6.10 Å². The molecule has 8 nitrogen and oxygen atoms in total. The number of nitrogens with one attached hydrogen (secondary N) is 3. The Kier molecular flexibility index (Phi) is 9.42. The van der Waals surface area contributed by atoms with Crippen molar-refractivity contribution in [3.05, 3.63) is 46.0 Å². The summed E-state index contributed by atoms with van der Waals surface area (Å²) < 4.78 is 0. The number of anilines is 1. The Labute approximate surface area is 255 Å². The summed E-state index contributed by atoms with van der Waals surface area (Å²) in [6.07, 6.45) is 2.11. The van der Waals surface area contributed by atoms with E-state index in [-0.39, 0.29) is 40.9 Å². The van der Waals surface area contributed by atoms with Crippen molar-refractivity contribution >= 4 is 28.3 Å². The maximum Gasteiger partial charge on any atom is 0.257 e. The number of aromatic nitrogens is 1. The van der Waals surface area contributed by atoms with Crippen molar-refractivity contribution < 1.29 is 24.5 Å². The number of carbonyl (C=O) groups is 2. The summed E-state index contributed by atoms with van der Waals surface area (Å²) in [6.45, 7) is 17.7. The molecule has 2 aliphatic carbocycles. The van der Waals surface area contributed by atoms with E-state index in [9.17, 15) is 14.7 Å². The van der Waals surface area contributed by atoms with E-state index in [0.29, 0.717) is 23.8 Å². The number of carbonyl (C=O) groups excluding carboxylic acids is 2. The first-order valence-corrected chi connectivity index (χ1v) is 16.9. The lowest BCUT2D eigenvalue weighted by molar-refractivity contribution is -1.01. The fourth-order valence-corrected chi connectivity index (χ4v) is 9.30. The first-order valence-electron chi connectivity index (χ1n) is 16.1. The Morgan fingerprint density at radius 2 is 1.83 bits per heavy atom. The lowest BCUT2D eigenvalue weighted by Crippen LogP contribution is -3.26. The molecule has 2 amide bonds. The fraction of sp³-hybridized carbons (Fsp3) is 0.667. The average Bonchev–Trinajstić information content (AvgIpc) is 3.36. The molecule has 4 N–H and O–H groups in total. The molecule has 1 saturated heterocycles. The van der Waals surface area contributed by atoms with Gasteiger partial charge in [-0.05, 0) is 62.5 Å². The summed E-state index contributed by atoms with van der Waals surface area (Å²) in [4.78, 5) is 37.6. The molecule has 0 spiro atoms. The second-order valence-electron chi connectivity index (χ2n) is 13.5. The smallest absolute Gasteiger partial charge is 0.257 e. The number of benzene rings is 1. The summed E-state index contributed by atoms with van der Waals surface area (Å²) in [5.41, 5.74) is 2.84. The molecule has 6 atom stereocenters. The van der Waals surface area contributed by atoms with Gasteiger partial charge in [-0.25, -0.2) is 4.98 Å². The summed E-state index contributed by atoms with van der Waals surface area (Å²) in [6, 6.07) is 8.01. The number of piperazine rings is 1. The third-order valence-corrected chi connectivity index (χ3v) is 11.7. The SMILES string of the molecule is CCN(CC)C(=O)[C@@H](C)[C@H]1CC[C@@]2(C)Cc3sc(NC(=O)c4ccc(C[NH+]5CC[NH+](C)CC5)cc4)nc3[C@@H](C)[C@@H]2[C@H]1O. The fourth-order valence-electron chi connectivity index (χ4n) is 8.05. The summed E-state index contributed by atoms with van der Waals surface area (Å²) in [5.74, 6) is -0.184. The van der Waals surface area contributed by atoms with Gasteiger partial charge in [0.2, 0.25) is 5.91 Å². The molecule has 1 saturated carbocycles. The number of rotatable bonds is 8. The van der Waals surface area contributed by atoms with Crippen molar-refractivity contribution in [1.29, 1.82) is 0 Å². The van der Waals surface area contributed by atoms with Crippen LogP contribution in [0.3, 0.4) is 0 Å². The topological polar surface area (TPSA) is 91.4 Å². The third kappa shape index (κ3) is 6.16. The molecule has 1 aliphatic heterocycles. The molecule has 0 unspecified atom stereocenters. The van der Waals surface area contributed by atoms with Crippen LogP contribution < -0.4 is 15.1 Å². The Morgan fingerprint density at radius 3 is 2.48 bits per heavy atom. The summed E-state index contributed by atoms with van der Waals surface area (Å²) >= 11 is 1.58. The van der Waals surface area contributed by atoms with Crippen LogP contribution in [0.15, 0.2) is 24.3 Å². The number of amides is 2. The highest BCUT2D eigenvalue weighted by Crippen LogP contribution is 2.57. The molecule has 0 bridgehead atoms. The summed E-state index contributed by atoms with van der Waals surface area (Å²) in [7, 11) is 2.26. The molecule has 1 aromatic carbocycles. The molecule has 9 heteroatoms. The summed E-state index contributed by atoms with van der Waals surface area (Å²) in [5, 5.41) is 15.4. The van der Waals surface area contributed by atoms with Gasteiger partial charge in [0.1, 0.15) is 32.7 Å². The van der Waals surface area contributed by atoms with Crippen LogP contribution in [-0.2, 0) is 17.8 Å². The van der Waals surface area contributed by atoms with Gasteiger partial charge >= 0.3 is 0 Å². The Balaban J connectivity index is 1.25. The number of aliphatic hydroxyl groups excluding tert-OH is 1. The zero-order valence-electron chi connectivity index (χ0n) is 26.3. The van der Waals surface area contributed by atoms with Gasteiger partial charge in [0.15, 0.2) is 5.13 Å². The Morgan fingerprint density at radius 1 is 1.17 bits per heavy atom. The molecule has 2 heterocycles. The van der Waals surface area contributed by atoms with Gasteiger partial charge in [0, 0.05) is 40.9 Å². The van der Waals surface area contributed by atoms with Crippen LogP contribution in [0.25, 0.3) is 0 Å². The van der Waals surface area contributed by atoms with E-state index in [1.54, 1.807) is 21.1 Å².